The lowest BCUT2D eigenvalue weighted by atomic mass is 10.3. The Labute approximate surface area is 145 Å². The van der Waals surface area contributed by atoms with E-state index in [1.54, 1.807) is 18.2 Å². The highest BCUT2D eigenvalue weighted by Gasteiger charge is 2.15. The maximum atomic E-state index is 12.2. The van der Waals surface area contributed by atoms with Crippen molar-refractivity contribution in [3.63, 3.8) is 0 Å². The summed E-state index contributed by atoms with van der Waals surface area (Å²) in [6.07, 6.45) is 0. The molecule has 124 valence electrons. The zero-order chi connectivity index (χ0) is 16.9. The van der Waals surface area contributed by atoms with E-state index in [4.69, 9.17) is 32.7 Å². The van der Waals surface area contributed by atoms with Gasteiger partial charge >= 0.3 is 0 Å². The van der Waals surface area contributed by atoms with Crippen LogP contribution in [-0.2, 0) is 10.0 Å². The number of rotatable bonds is 7. The van der Waals surface area contributed by atoms with Gasteiger partial charge in [-0.05, 0) is 30.3 Å². The highest BCUT2D eigenvalue weighted by molar-refractivity contribution is 7.89. The Morgan fingerprint density at radius 1 is 1.04 bits per heavy atom. The van der Waals surface area contributed by atoms with E-state index in [9.17, 15) is 8.42 Å². The second kappa shape index (κ2) is 7.88. The number of nitrogens with one attached hydrogen (secondary N) is 1. The van der Waals surface area contributed by atoms with Crippen LogP contribution in [0.25, 0.3) is 0 Å². The monoisotopic (exact) mass is 375 g/mol. The van der Waals surface area contributed by atoms with Crippen molar-refractivity contribution in [1.29, 1.82) is 0 Å². The third-order valence-corrected chi connectivity index (χ3v) is 4.74. The Kier molecular flexibility index (Phi) is 6.12. The molecule has 1 N–H and O–H groups in total. The number of halogens is 2. The molecule has 0 amide bonds. The van der Waals surface area contributed by atoms with Gasteiger partial charge in [0.1, 0.15) is 6.61 Å². The van der Waals surface area contributed by atoms with E-state index in [2.05, 4.69) is 4.72 Å². The smallest absolute Gasteiger partial charge is 0.240 e. The van der Waals surface area contributed by atoms with Gasteiger partial charge in [-0.2, -0.15) is 0 Å². The van der Waals surface area contributed by atoms with Crippen molar-refractivity contribution in [3.05, 3.63) is 52.5 Å². The largest absolute Gasteiger partial charge is 0.493 e. The molecule has 23 heavy (non-hydrogen) atoms. The number of hydrogen-bond acceptors (Lipinski definition) is 4. The maximum Gasteiger partial charge on any atom is 0.240 e. The third kappa shape index (κ3) is 5.00. The summed E-state index contributed by atoms with van der Waals surface area (Å²) in [4.78, 5) is 0.00675. The van der Waals surface area contributed by atoms with E-state index >= 15 is 0 Å². The minimum absolute atomic E-state index is 0.00675. The molecule has 0 aliphatic heterocycles. The molecule has 0 spiro atoms. The standard InChI is InChI=1S/C15H15Cl2NO4S/c1-21-14-4-2-3-5-15(14)22-7-6-18-23(19,20)13-9-11(16)8-12(17)10-13/h2-5,8-10,18H,6-7H2,1H3. The third-order valence-electron chi connectivity index (χ3n) is 2.87. The van der Waals surface area contributed by atoms with Crippen molar-refractivity contribution in [2.24, 2.45) is 0 Å². The van der Waals surface area contributed by atoms with Crippen molar-refractivity contribution >= 4 is 33.2 Å². The van der Waals surface area contributed by atoms with Crippen molar-refractivity contribution in [1.82, 2.24) is 4.72 Å². The molecule has 0 fully saturated rings. The molecular weight excluding hydrogens is 361 g/mol. The Morgan fingerprint density at radius 2 is 1.65 bits per heavy atom. The van der Waals surface area contributed by atoms with Crippen LogP contribution in [0.5, 0.6) is 11.5 Å². The first kappa shape index (κ1) is 17.9. The van der Waals surface area contributed by atoms with E-state index in [0.717, 1.165) is 0 Å². The van der Waals surface area contributed by atoms with Gasteiger partial charge in [0.05, 0.1) is 12.0 Å². The van der Waals surface area contributed by atoms with E-state index < -0.39 is 10.0 Å². The number of hydrogen-bond donors (Lipinski definition) is 1. The summed E-state index contributed by atoms with van der Waals surface area (Å²) in [5.74, 6) is 1.12. The van der Waals surface area contributed by atoms with Gasteiger partial charge in [-0.1, -0.05) is 35.3 Å². The van der Waals surface area contributed by atoms with Crippen LogP contribution in [0.2, 0.25) is 10.0 Å². The summed E-state index contributed by atoms with van der Waals surface area (Å²) in [5, 5.41) is 0.506. The summed E-state index contributed by atoms with van der Waals surface area (Å²) in [7, 11) is -2.17. The van der Waals surface area contributed by atoms with Gasteiger partial charge in [0.25, 0.3) is 0 Å². The summed E-state index contributed by atoms with van der Waals surface area (Å²) in [6.45, 7) is 0.235. The molecule has 0 saturated heterocycles. The lowest BCUT2D eigenvalue weighted by Crippen LogP contribution is -2.28. The van der Waals surface area contributed by atoms with E-state index in [0.29, 0.717) is 11.5 Å². The Balaban J connectivity index is 1.95. The van der Waals surface area contributed by atoms with E-state index in [1.165, 1.54) is 25.3 Å². The number of sulfonamides is 1. The quantitative estimate of drug-likeness (QED) is 0.753. The molecule has 0 heterocycles. The molecule has 0 saturated carbocycles. The van der Waals surface area contributed by atoms with Crippen LogP contribution in [0.3, 0.4) is 0 Å². The molecule has 0 aliphatic rings. The van der Waals surface area contributed by atoms with Crippen LogP contribution in [-0.4, -0.2) is 28.7 Å². The molecule has 8 heteroatoms. The first-order valence-electron chi connectivity index (χ1n) is 6.64. The number of benzene rings is 2. The van der Waals surface area contributed by atoms with Crippen LogP contribution >= 0.6 is 23.2 Å². The van der Waals surface area contributed by atoms with Crippen LogP contribution in [0.1, 0.15) is 0 Å². The van der Waals surface area contributed by atoms with Crippen molar-refractivity contribution < 1.29 is 17.9 Å². The van der Waals surface area contributed by atoms with Crippen molar-refractivity contribution in [2.45, 2.75) is 4.90 Å². The molecule has 0 bridgehead atoms. The minimum atomic E-state index is -3.71. The molecule has 2 aromatic carbocycles. The molecule has 0 radical (unpaired) electrons. The number of methoxy groups -OCH3 is 1. The average Bonchev–Trinajstić information content (AvgIpc) is 2.51. The first-order valence-corrected chi connectivity index (χ1v) is 8.88. The predicted octanol–water partition coefficient (Wildman–Crippen LogP) is 3.36. The predicted molar refractivity (Wildman–Crippen MR) is 90.1 cm³/mol. The molecule has 5 nitrogen and oxygen atoms in total. The molecule has 0 unspecified atom stereocenters. The van der Waals surface area contributed by atoms with Gasteiger partial charge in [0, 0.05) is 16.6 Å². The van der Waals surface area contributed by atoms with Crippen LogP contribution in [0.4, 0.5) is 0 Å². The Bertz CT molecular complexity index is 761. The fourth-order valence-corrected chi connectivity index (χ4v) is 3.58. The molecule has 0 aliphatic carbocycles. The minimum Gasteiger partial charge on any atom is -0.493 e. The zero-order valence-electron chi connectivity index (χ0n) is 12.3. The molecular formula is C15H15Cl2NO4S. The molecule has 0 aromatic heterocycles. The van der Waals surface area contributed by atoms with Gasteiger partial charge in [0.15, 0.2) is 11.5 Å². The Morgan fingerprint density at radius 3 is 2.26 bits per heavy atom. The van der Waals surface area contributed by atoms with Crippen molar-refractivity contribution in [3.8, 4) is 11.5 Å². The topological polar surface area (TPSA) is 64.6 Å². The normalized spacial score (nSPS) is 11.3. The van der Waals surface area contributed by atoms with Crippen LogP contribution < -0.4 is 14.2 Å². The van der Waals surface area contributed by atoms with Crippen LogP contribution in [0.15, 0.2) is 47.4 Å². The van der Waals surface area contributed by atoms with Gasteiger partial charge in [-0.3, -0.25) is 0 Å². The summed E-state index contributed by atoms with van der Waals surface area (Å²) < 4.78 is 37.4. The van der Waals surface area contributed by atoms with E-state index in [-0.39, 0.29) is 28.1 Å². The SMILES string of the molecule is COc1ccccc1OCCNS(=O)(=O)c1cc(Cl)cc(Cl)c1. The van der Waals surface area contributed by atoms with Crippen molar-refractivity contribution in [2.75, 3.05) is 20.3 Å². The highest BCUT2D eigenvalue weighted by Crippen LogP contribution is 2.25. The summed E-state index contributed by atoms with van der Waals surface area (Å²) >= 11 is 11.6. The lowest BCUT2D eigenvalue weighted by molar-refractivity contribution is 0.299. The summed E-state index contributed by atoms with van der Waals surface area (Å²) in [5.41, 5.74) is 0. The number of ether oxygens (including phenoxy) is 2. The molecule has 0 atom stereocenters. The maximum absolute atomic E-state index is 12.2. The molecule has 2 rings (SSSR count). The highest BCUT2D eigenvalue weighted by atomic mass is 35.5. The Hall–Kier alpha value is -1.47. The zero-order valence-corrected chi connectivity index (χ0v) is 14.6. The number of para-hydroxylation sites is 2. The fraction of sp³-hybridized carbons (Fsp3) is 0.200. The van der Waals surface area contributed by atoms with Crippen LogP contribution in [0, 0.1) is 0 Å². The van der Waals surface area contributed by atoms with Gasteiger partial charge in [-0.25, -0.2) is 13.1 Å². The van der Waals surface area contributed by atoms with Gasteiger partial charge < -0.3 is 9.47 Å². The second-order valence-electron chi connectivity index (χ2n) is 4.50. The first-order chi connectivity index (χ1) is 10.9. The second-order valence-corrected chi connectivity index (χ2v) is 7.14. The average molecular weight is 376 g/mol. The lowest BCUT2D eigenvalue weighted by Gasteiger charge is -2.11. The molecule has 2 aromatic rings. The van der Waals surface area contributed by atoms with Gasteiger partial charge in [0.2, 0.25) is 10.0 Å². The summed E-state index contributed by atoms with van der Waals surface area (Å²) in [6, 6.07) is 11.2. The fourth-order valence-electron chi connectivity index (χ4n) is 1.84. The van der Waals surface area contributed by atoms with Gasteiger partial charge in [-0.15, -0.1) is 0 Å². The van der Waals surface area contributed by atoms with E-state index in [1.807, 2.05) is 6.07 Å².